The average molecular weight is 307 g/mol. The number of hydrogen-bond donors (Lipinski definition) is 1. The Labute approximate surface area is 124 Å². The van der Waals surface area contributed by atoms with Gasteiger partial charge in [0.1, 0.15) is 5.03 Å². The molecule has 3 aromatic rings. The second-order valence-corrected chi connectivity index (χ2v) is 5.25. The monoisotopic (exact) mass is 306 g/mol. The van der Waals surface area contributed by atoms with Gasteiger partial charge in [0, 0.05) is 12.7 Å². The lowest BCUT2D eigenvalue weighted by molar-refractivity contribution is 0.914. The molecule has 0 aliphatic rings. The van der Waals surface area contributed by atoms with Crippen LogP contribution in [0, 0.1) is 0 Å². The van der Waals surface area contributed by atoms with Gasteiger partial charge >= 0.3 is 0 Å². The van der Waals surface area contributed by atoms with Gasteiger partial charge in [-0.05, 0) is 30.8 Å². The highest BCUT2D eigenvalue weighted by Crippen LogP contribution is 2.30. The van der Waals surface area contributed by atoms with E-state index in [1.54, 1.807) is 6.20 Å². The number of hydrogen-bond acceptors (Lipinski definition) is 6. The van der Waals surface area contributed by atoms with E-state index in [1.165, 1.54) is 11.8 Å². The number of fused-ring (bicyclic) bond motifs is 1. The van der Waals surface area contributed by atoms with Gasteiger partial charge in [-0.15, -0.1) is 10.2 Å². The van der Waals surface area contributed by atoms with Gasteiger partial charge in [-0.25, -0.2) is 9.97 Å². The predicted octanol–water partition coefficient (Wildman–Crippen LogP) is 2.76. The van der Waals surface area contributed by atoms with Gasteiger partial charge < -0.3 is 5.32 Å². The first-order valence-electron chi connectivity index (χ1n) is 6.02. The molecule has 0 atom stereocenters. The van der Waals surface area contributed by atoms with Crippen LogP contribution in [0.5, 0.6) is 0 Å². The summed E-state index contributed by atoms with van der Waals surface area (Å²) in [5, 5.41) is 13.1. The van der Waals surface area contributed by atoms with E-state index in [1.807, 2.05) is 35.7 Å². The van der Waals surface area contributed by atoms with Crippen LogP contribution in [0.25, 0.3) is 5.65 Å². The third-order valence-corrected chi connectivity index (χ3v) is 3.87. The van der Waals surface area contributed by atoms with Crippen LogP contribution in [0.15, 0.2) is 40.8 Å². The highest BCUT2D eigenvalue weighted by atomic mass is 35.5. The summed E-state index contributed by atoms with van der Waals surface area (Å²) in [5.74, 6) is 0.549. The zero-order valence-corrected chi connectivity index (χ0v) is 12.2. The molecule has 0 fully saturated rings. The average Bonchev–Trinajstić information content (AvgIpc) is 2.86. The number of nitrogens with one attached hydrogen (secondary N) is 1. The van der Waals surface area contributed by atoms with Crippen molar-refractivity contribution in [3.63, 3.8) is 0 Å². The van der Waals surface area contributed by atoms with Gasteiger partial charge in [-0.1, -0.05) is 17.7 Å². The molecule has 1 N–H and O–H groups in total. The van der Waals surface area contributed by atoms with E-state index in [4.69, 9.17) is 11.6 Å². The number of nitrogens with zero attached hydrogens (tertiary/aromatic N) is 5. The lowest BCUT2D eigenvalue weighted by Crippen LogP contribution is -2.02. The van der Waals surface area contributed by atoms with Gasteiger partial charge in [0.05, 0.1) is 11.2 Å². The van der Waals surface area contributed by atoms with Crippen molar-refractivity contribution in [3.05, 3.63) is 35.6 Å². The Bertz CT molecular complexity index is 744. The predicted molar refractivity (Wildman–Crippen MR) is 78.3 cm³/mol. The van der Waals surface area contributed by atoms with Crippen LogP contribution in [0.2, 0.25) is 5.02 Å². The Morgan fingerprint density at radius 2 is 2.25 bits per heavy atom. The van der Waals surface area contributed by atoms with Gasteiger partial charge in [-0.3, -0.25) is 4.40 Å². The zero-order chi connectivity index (χ0) is 13.9. The Morgan fingerprint density at radius 3 is 3.10 bits per heavy atom. The van der Waals surface area contributed by atoms with Crippen LogP contribution in [0.1, 0.15) is 6.92 Å². The van der Waals surface area contributed by atoms with Crippen molar-refractivity contribution < 1.29 is 0 Å². The maximum absolute atomic E-state index is 6.13. The highest BCUT2D eigenvalue weighted by molar-refractivity contribution is 7.99. The third-order valence-electron chi connectivity index (χ3n) is 2.52. The minimum atomic E-state index is 0.490. The van der Waals surface area contributed by atoms with Gasteiger partial charge in [0.25, 0.3) is 0 Å². The number of pyridine rings is 1. The first-order valence-corrected chi connectivity index (χ1v) is 7.21. The number of halogens is 1. The molecule has 0 aliphatic carbocycles. The molecule has 3 heterocycles. The fourth-order valence-corrected chi connectivity index (χ4v) is 2.64. The maximum Gasteiger partial charge on any atom is 0.223 e. The molecule has 0 saturated carbocycles. The maximum atomic E-state index is 6.13. The van der Waals surface area contributed by atoms with Gasteiger partial charge in [-0.2, -0.15) is 0 Å². The topological polar surface area (TPSA) is 68.0 Å². The molecule has 0 aliphatic heterocycles. The standard InChI is InChI=1S/C12H11ClN6S/c1-2-14-11-15-7-8(13)10(16-11)20-12-18-17-9-5-3-4-6-19(9)12/h3-7H,2H2,1H3,(H,14,15,16). The fourth-order valence-electron chi connectivity index (χ4n) is 1.64. The number of anilines is 1. The smallest absolute Gasteiger partial charge is 0.223 e. The van der Waals surface area contributed by atoms with E-state index in [0.717, 1.165) is 12.2 Å². The van der Waals surface area contributed by atoms with Crippen LogP contribution in [-0.2, 0) is 0 Å². The molecule has 8 heteroatoms. The molecular formula is C12H11ClN6S. The van der Waals surface area contributed by atoms with Crippen LogP contribution in [0.4, 0.5) is 5.95 Å². The molecule has 0 amide bonds. The Kier molecular flexibility index (Phi) is 3.70. The normalized spacial score (nSPS) is 10.9. The largest absolute Gasteiger partial charge is 0.354 e. The Morgan fingerprint density at radius 1 is 1.35 bits per heavy atom. The second-order valence-electron chi connectivity index (χ2n) is 3.89. The third kappa shape index (κ3) is 2.54. The summed E-state index contributed by atoms with van der Waals surface area (Å²) in [6, 6.07) is 5.73. The van der Waals surface area contributed by atoms with Crippen molar-refractivity contribution in [2.45, 2.75) is 17.1 Å². The molecule has 3 aromatic heterocycles. The molecule has 0 bridgehead atoms. The Balaban J connectivity index is 1.96. The minimum Gasteiger partial charge on any atom is -0.354 e. The van der Waals surface area contributed by atoms with E-state index in [-0.39, 0.29) is 0 Å². The SMILES string of the molecule is CCNc1ncc(Cl)c(Sc2nnc3ccccn23)n1. The number of aromatic nitrogens is 5. The zero-order valence-electron chi connectivity index (χ0n) is 10.6. The summed E-state index contributed by atoms with van der Waals surface area (Å²) in [4.78, 5) is 8.48. The molecule has 0 aromatic carbocycles. The van der Waals surface area contributed by atoms with Crippen LogP contribution >= 0.6 is 23.4 Å². The summed E-state index contributed by atoms with van der Waals surface area (Å²) >= 11 is 7.49. The fraction of sp³-hybridized carbons (Fsp3) is 0.167. The summed E-state index contributed by atoms with van der Waals surface area (Å²) < 4.78 is 1.88. The molecule has 0 unspecified atom stereocenters. The van der Waals surface area contributed by atoms with Crippen molar-refractivity contribution in [2.75, 3.05) is 11.9 Å². The lowest BCUT2D eigenvalue weighted by atomic mass is 10.5. The van der Waals surface area contributed by atoms with Crippen molar-refractivity contribution in [1.29, 1.82) is 0 Å². The molecule has 6 nitrogen and oxygen atoms in total. The minimum absolute atomic E-state index is 0.490. The van der Waals surface area contributed by atoms with E-state index in [0.29, 0.717) is 21.2 Å². The van der Waals surface area contributed by atoms with E-state index in [9.17, 15) is 0 Å². The summed E-state index contributed by atoms with van der Waals surface area (Å²) in [6.07, 6.45) is 3.48. The molecule has 0 spiro atoms. The molecule has 0 saturated heterocycles. The van der Waals surface area contributed by atoms with E-state index >= 15 is 0 Å². The van der Waals surface area contributed by atoms with Crippen molar-refractivity contribution >= 4 is 35.0 Å². The number of rotatable bonds is 4. The Hall–Kier alpha value is -1.86. The first kappa shape index (κ1) is 13.1. The van der Waals surface area contributed by atoms with Crippen LogP contribution in [-0.4, -0.2) is 31.1 Å². The molecule has 20 heavy (non-hydrogen) atoms. The van der Waals surface area contributed by atoms with Crippen molar-refractivity contribution in [1.82, 2.24) is 24.6 Å². The van der Waals surface area contributed by atoms with Crippen molar-refractivity contribution in [3.8, 4) is 0 Å². The molecule has 0 radical (unpaired) electrons. The van der Waals surface area contributed by atoms with Crippen molar-refractivity contribution in [2.24, 2.45) is 0 Å². The summed E-state index contributed by atoms with van der Waals surface area (Å²) in [6.45, 7) is 2.73. The van der Waals surface area contributed by atoms with E-state index in [2.05, 4.69) is 25.5 Å². The summed E-state index contributed by atoms with van der Waals surface area (Å²) in [7, 11) is 0. The van der Waals surface area contributed by atoms with Crippen LogP contribution < -0.4 is 5.32 Å². The lowest BCUT2D eigenvalue weighted by Gasteiger charge is -2.05. The molecule has 102 valence electrons. The summed E-state index contributed by atoms with van der Waals surface area (Å²) in [5.41, 5.74) is 0.784. The highest BCUT2D eigenvalue weighted by Gasteiger charge is 2.12. The van der Waals surface area contributed by atoms with Gasteiger partial charge in [0.15, 0.2) is 5.65 Å². The second kappa shape index (κ2) is 5.64. The first-order chi connectivity index (χ1) is 9.78. The van der Waals surface area contributed by atoms with E-state index < -0.39 is 0 Å². The molecular weight excluding hydrogens is 296 g/mol. The van der Waals surface area contributed by atoms with Crippen LogP contribution in [0.3, 0.4) is 0 Å². The van der Waals surface area contributed by atoms with Gasteiger partial charge in [0.2, 0.25) is 11.1 Å². The molecule has 3 rings (SSSR count). The quantitative estimate of drug-likeness (QED) is 0.748.